The molecule has 0 aliphatic rings. The second kappa shape index (κ2) is 4.35. The first-order valence-corrected chi connectivity index (χ1v) is 8.18. The molecule has 3 nitrogen and oxygen atoms in total. The molecule has 0 fully saturated rings. The fraction of sp³-hybridized carbons (Fsp3) is 0.909. The second-order valence-electron chi connectivity index (χ2n) is 5.88. The van der Waals surface area contributed by atoms with E-state index in [-0.39, 0.29) is 17.4 Å². The van der Waals surface area contributed by atoms with Crippen LogP contribution in [0.3, 0.4) is 0 Å². The lowest BCUT2D eigenvalue weighted by Crippen LogP contribution is -2.47. The third-order valence-electron chi connectivity index (χ3n) is 3.28. The molecule has 0 aromatic heterocycles. The molecule has 0 aromatic rings. The molecular weight excluding hydrogens is 208 g/mol. The van der Waals surface area contributed by atoms with Crippen molar-refractivity contribution in [3.63, 3.8) is 0 Å². The fourth-order valence-electron chi connectivity index (χ4n) is 0.639. The van der Waals surface area contributed by atoms with Gasteiger partial charge in [-0.05, 0) is 32.0 Å². The average Bonchev–Trinajstić information content (AvgIpc) is 1.99. The van der Waals surface area contributed by atoms with E-state index in [9.17, 15) is 9.90 Å². The van der Waals surface area contributed by atoms with Gasteiger partial charge in [-0.2, -0.15) is 0 Å². The van der Waals surface area contributed by atoms with Crippen LogP contribution in [0.25, 0.3) is 0 Å². The van der Waals surface area contributed by atoms with Crippen molar-refractivity contribution in [1.82, 2.24) is 0 Å². The number of ketones is 1. The van der Waals surface area contributed by atoms with Gasteiger partial charge in [-0.3, -0.25) is 4.79 Å². The number of carbonyl (C=O) groups is 1. The first-order chi connectivity index (χ1) is 6.40. The minimum atomic E-state index is -1.87. The highest BCUT2D eigenvalue weighted by molar-refractivity contribution is 6.74. The Morgan fingerprint density at radius 1 is 1.27 bits per heavy atom. The van der Waals surface area contributed by atoms with E-state index in [0.717, 1.165) is 0 Å². The molecule has 15 heavy (non-hydrogen) atoms. The van der Waals surface area contributed by atoms with Crippen molar-refractivity contribution in [2.45, 2.75) is 58.4 Å². The number of hydrogen-bond donors (Lipinski definition) is 1. The smallest absolute Gasteiger partial charge is 0.192 e. The van der Waals surface area contributed by atoms with Crippen LogP contribution < -0.4 is 0 Å². The molecule has 0 radical (unpaired) electrons. The number of hydrogen-bond acceptors (Lipinski definition) is 3. The Kier molecular flexibility index (Phi) is 4.30. The largest absolute Gasteiger partial charge is 0.413 e. The Morgan fingerprint density at radius 3 is 1.93 bits per heavy atom. The summed E-state index contributed by atoms with van der Waals surface area (Å²) in [6.45, 7) is 13.6. The molecule has 0 saturated carbocycles. The van der Waals surface area contributed by atoms with Crippen molar-refractivity contribution in [2.24, 2.45) is 0 Å². The topological polar surface area (TPSA) is 46.5 Å². The lowest BCUT2D eigenvalue weighted by atomic mass is 10.0. The van der Waals surface area contributed by atoms with Crippen LogP contribution in [-0.4, -0.2) is 31.4 Å². The summed E-state index contributed by atoms with van der Waals surface area (Å²) in [5.74, 6) is -0.249. The maximum atomic E-state index is 11.1. The number of aliphatic hydroxyl groups is 1. The van der Waals surface area contributed by atoms with Gasteiger partial charge >= 0.3 is 0 Å². The zero-order chi connectivity index (χ0) is 12.5. The van der Waals surface area contributed by atoms with Crippen molar-refractivity contribution < 1.29 is 14.3 Å². The molecule has 1 N–H and O–H groups in total. The van der Waals surface area contributed by atoms with Gasteiger partial charge in [0.15, 0.2) is 14.1 Å². The summed E-state index contributed by atoms with van der Waals surface area (Å²) in [6, 6.07) is 0. The molecule has 1 unspecified atom stereocenters. The minimum absolute atomic E-state index is 0.0961. The quantitative estimate of drug-likeness (QED) is 0.757. The van der Waals surface area contributed by atoms with Gasteiger partial charge in [0.1, 0.15) is 5.60 Å². The zero-order valence-electron chi connectivity index (χ0n) is 11.0. The SMILES string of the molecule is CC(=O)C(C)(O)CO[Si](C)(C)C(C)(C)C. The standard InChI is InChI=1S/C11H24O3Si/c1-9(12)11(5,13)8-14-15(6,7)10(2,3)4/h13H,8H2,1-7H3. The van der Waals surface area contributed by atoms with Crippen molar-refractivity contribution in [2.75, 3.05) is 6.61 Å². The summed E-state index contributed by atoms with van der Waals surface area (Å²) >= 11 is 0. The number of carbonyl (C=O) groups excluding carboxylic acids is 1. The van der Waals surface area contributed by atoms with Crippen molar-refractivity contribution in [1.29, 1.82) is 0 Å². The van der Waals surface area contributed by atoms with E-state index >= 15 is 0 Å². The first-order valence-electron chi connectivity index (χ1n) is 5.27. The van der Waals surface area contributed by atoms with Gasteiger partial charge in [-0.25, -0.2) is 0 Å². The molecule has 90 valence electrons. The second-order valence-corrected chi connectivity index (χ2v) is 10.7. The molecule has 0 aliphatic carbocycles. The first kappa shape index (κ1) is 14.8. The number of Topliss-reactive ketones (excluding diaryl/α,β-unsaturated/α-hetero) is 1. The summed E-state index contributed by atoms with van der Waals surface area (Å²) in [6.07, 6.45) is 0. The summed E-state index contributed by atoms with van der Waals surface area (Å²) < 4.78 is 5.79. The third kappa shape index (κ3) is 4.05. The van der Waals surface area contributed by atoms with E-state index in [1.165, 1.54) is 13.8 Å². The highest BCUT2D eigenvalue weighted by Crippen LogP contribution is 2.36. The molecule has 0 rings (SSSR count). The van der Waals surface area contributed by atoms with E-state index in [0.29, 0.717) is 0 Å². The van der Waals surface area contributed by atoms with Crippen molar-refractivity contribution in [3.8, 4) is 0 Å². The molecular formula is C11H24O3Si. The third-order valence-corrected chi connectivity index (χ3v) is 7.76. The summed E-state index contributed by atoms with van der Waals surface area (Å²) in [5.41, 5.74) is -1.35. The Hall–Kier alpha value is -0.193. The van der Waals surface area contributed by atoms with Crippen LogP contribution in [0.1, 0.15) is 34.6 Å². The van der Waals surface area contributed by atoms with Gasteiger partial charge in [0.25, 0.3) is 0 Å². The van der Waals surface area contributed by atoms with Crippen LogP contribution in [0.5, 0.6) is 0 Å². The predicted molar refractivity (Wildman–Crippen MR) is 64.5 cm³/mol. The Bertz CT molecular complexity index is 239. The van der Waals surface area contributed by atoms with Gasteiger partial charge in [-0.1, -0.05) is 20.8 Å². The van der Waals surface area contributed by atoms with E-state index in [1.54, 1.807) is 0 Å². The maximum absolute atomic E-state index is 11.1. The lowest BCUT2D eigenvalue weighted by Gasteiger charge is -2.38. The zero-order valence-corrected chi connectivity index (χ0v) is 12.0. The Balaban J connectivity index is 4.47. The van der Waals surface area contributed by atoms with Gasteiger partial charge in [0.2, 0.25) is 0 Å². The van der Waals surface area contributed by atoms with Gasteiger partial charge in [-0.15, -0.1) is 0 Å². The van der Waals surface area contributed by atoms with E-state index in [1.807, 2.05) is 0 Å². The van der Waals surface area contributed by atoms with Gasteiger partial charge in [0.05, 0.1) is 6.61 Å². The molecule has 0 bridgehead atoms. The van der Waals surface area contributed by atoms with Crippen LogP contribution in [-0.2, 0) is 9.22 Å². The monoisotopic (exact) mass is 232 g/mol. The summed E-state index contributed by atoms with van der Waals surface area (Å²) in [7, 11) is -1.87. The van der Waals surface area contributed by atoms with Crippen molar-refractivity contribution >= 4 is 14.1 Å². The summed E-state index contributed by atoms with van der Waals surface area (Å²) in [5, 5.41) is 9.87. The maximum Gasteiger partial charge on any atom is 0.192 e. The van der Waals surface area contributed by atoms with E-state index in [4.69, 9.17) is 4.43 Å². The molecule has 0 heterocycles. The van der Waals surface area contributed by atoms with Crippen LogP contribution in [0.4, 0.5) is 0 Å². The molecule has 0 spiro atoms. The number of rotatable bonds is 4. The Morgan fingerprint density at radius 2 is 1.67 bits per heavy atom. The average molecular weight is 232 g/mol. The van der Waals surface area contributed by atoms with Gasteiger partial charge < -0.3 is 9.53 Å². The minimum Gasteiger partial charge on any atom is -0.413 e. The van der Waals surface area contributed by atoms with Crippen LogP contribution >= 0.6 is 0 Å². The highest BCUT2D eigenvalue weighted by Gasteiger charge is 2.39. The molecule has 0 saturated heterocycles. The molecule has 0 aromatic carbocycles. The van der Waals surface area contributed by atoms with E-state index in [2.05, 4.69) is 33.9 Å². The molecule has 0 amide bonds. The lowest BCUT2D eigenvalue weighted by molar-refractivity contribution is -0.136. The fourth-order valence-corrected chi connectivity index (χ4v) is 1.71. The van der Waals surface area contributed by atoms with E-state index < -0.39 is 13.9 Å². The summed E-state index contributed by atoms with van der Waals surface area (Å²) in [4.78, 5) is 11.1. The molecule has 1 atom stereocenters. The van der Waals surface area contributed by atoms with Crippen LogP contribution in [0.2, 0.25) is 18.1 Å². The normalized spacial score (nSPS) is 17.3. The van der Waals surface area contributed by atoms with Gasteiger partial charge in [0, 0.05) is 0 Å². The van der Waals surface area contributed by atoms with Crippen molar-refractivity contribution in [3.05, 3.63) is 0 Å². The molecule has 4 heteroatoms. The van der Waals surface area contributed by atoms with Crippen LogP contribution in [0.15, 0.2) is 0 Å². The highest BCUT2D eigenvalue weighted by atomic mass is 28.4. The Labute approximate surface area is 94.0 Å². The van der Waals surface area contributed by atoms with Crippen LogP contribution in [0, 0.1) is 0 Å². The predicted octanol–water partition coefficient (Wildman–Crippen LogP) is 2.35. The molecule has 0 aliphatic heterocycles.